The molecule has 1 heterocycles. The average molecular weight is 374 g/mol. The summed E-state index contributed by atoms with van der Waals surface area (Å²) in [5.74, 6) is 1.62. The Bertz CT molecular complexity index is 835. The van der Waals surface area contributed by atoms with E-state index in [0.29, 0.717) is 23.1 Å². The Morgan fingerprint density at radius 3 is 2.85 bits per heavy atom. The summed E-state index contributed by atoms with van der Waals surface area (Å²) < 4.78 is 16.1. The molecule has 1 amide bonds. The Kier molecular flexibility index (Phi) is 5.68. The lowest BCUT2D eigenvalue weighted by Crippen LogP contribution is -2.30. The zero-order valence-corrected chi connectivity index (χ0v) is 15.4. The highest BCUT2D eigenvalue weighted by Gasteiger charge is 2.21. The molecule has 0 aromatic heterocycles. The van der Waals surface area contributed by atoms with Crippen molar-refractivity contribution in [3.05, 3.63) is 58.6 Å². The highest BCUT2D eigenvalue weighted by Crippen LogP contribution is 2.36. The summed E-state index contributed by atoms with van der Waals surface area (Å²) in [6, 6.07) is 11.2. The number of hydrogen-bond donors (Lipinski definition) is 1. The van der Waals surface area contributed by atoms with Gasteiger partial charge in [0, 0.05) is 18.1 Å². The number of halogens is 1. The molecule has 6 heteroatoms. The number of fused-ring (bicyclic) bond motifs is 1. The highest BCUT2D eigenvalue weighted by atomic mass is 35.5. The van der Waals surface area contributed by atoms with E-state index in [2.05, 4.69) is 5.32 Å². The molecule has 136 valence electrons. The first-order valence-electron chi connectivity index (χ1n) is 8.24. The molecule has 5 nitrogen and oxygen atoms in total. The summed E-state index contributed by atoms with van der Waals surface area (Å²) >= 11 is 6.19. The number of amides is 1. The molecular formula is C20H20ClNO4. The van der Waals surface area contributed by atoms with Crippen LogP contribution in [-0.2, 0) is 4.79 Å². The van der Waals surface area contributed by atoms with Gasteiger partial charge in [-0.05, 0) is 29.8 Å². The second-order valence-electron chi connectivity index (χ2n) is 5.81. The van der Waals surface area contributed by atoms with E-state index in [1.807, 2.05) is 24.3 Å². The first kappa shape index (κ1) is 18.1. The third kappa shape index (κ3) is 3.94. The van der Waals surface area contributed by atoms with Crippen LogP contribution in [-0.4, -0.2) is 26.7 Å². The quantitative estimate of drug-likeness (QED) is 0.804. The first-order chi connectivity index (χ1) is 12.6. The standard InChI is InChI=1S/C20H20ClNO4/c1-24-18-12-13(11-15(21)20(18)25-2)7-8-19(23)22-16-9-10-26-17-6-4-3-5-14(16)17/h3-8,11-12,16H,9-10H2,1-2H3,(H,22,23)/b8-7+/t16-/m1/s1. The highest BCUT2D eigenvalue weighted by molar-refractivity contribution is 6.32. The van der Waals surface area contributed by atoms with Crippen molar-refractivity contribution >= 4 is 23.6 Å². The van der Waals surface area contributed by atoms with Crippen molar-refractivity contribution in [2.24, 2.45) is 0 Å². The minimum Gasteiger partial charge on any atom is -0.493 e. The number of methoxy groups -OCH3 is 2. The molecule has 26 heavy (non-hydrogen) atoms. The van der Waals surface area contributed by atoms with Crippen LogP contribution in [0.2, 0.25) is 5.02 Å². The number of carbonyl (C=O) groups excluding carboxylic acids is 1. The van der Waals surface area contributed by atoms with Gasteiger partial charge in [0.1, 0.15) is 5.75 Å². The molecule has 0 aliphatic carbocycles. The summed E-state index contributed by atoms with van der Waals surface area (Å²) in [5.41, 5.74) is 1.74. The first-order valence-corrected chi connectivity index (χ1v) is 8.62. The molecule has 0 saturated carbocycles. The molecule has 0 spiro atoms. The largest absolute Gasteiger partial charge is 0.493 e. The summed E-state index contributed by atoms with van der Waals surface area (Å²) in [6.45, 7) is 0.580. The van der Waals surface area contributed by atoms with Crippen molar-refractivity contribution in [3.63, 3.8) is 0 Å². The van der Waals surface area contributed by atoms with Crippen LogP contribution in [0.1, 0.15) is 23.6 Å². The summed E-state index contributed by atoms with van der Waals surface area (Å²) in [7, 11) is 3.06. The van der Waals surface area contributed by atoms with E-state index in [-0.39, 0.29) is 11.9 Å². The van der Waals surface area contributed by atoms with E-state index in [1.54, 1.807) is 18.2 Å². The van der Waals surface area contributed by atoms with Crippen LogP contribution in [0.25, 0.3) is 6.08 Å². The van der Waals surface area contributed by atoms with Crippen LogP contribution in [0.3, 0.4) is 0 Å². The van der Waals surface area contributed by atoms with Crippen molar-refractivity contribution in [2.75, 3.05) is 20.8 Å². The number of ether oxygens (including phenoxy) is 3. The van der Waals surface area contributed by atoms with E-state index in [0.717, 1.165) is 23.3 Å². The predicted octanol–water partition coefficient (Wildman–Crippen LogP) is 4.01. The summed E-state index contributed by atoms with van der Waals surface area (Å²) in [5, 5.41) is 3.44. The maximum absolute atomic E-state index is 12.3. The minimum atomic E-state index is -0.183. The molecule has 1 aliphatic rings. The van der Waals surface area contributed by atoms with Gasteiger partial charge in [-0.2, -0.15) is 0 Å². The molecule has 0 unspecified atom stereocenters. The molecule has 2 aromatic rings. The Labute approximate surface area is 157 Å². The lowest BCUT2D eigenvalue weighted by Gasteiger charge is -2.26. The van der Waals surface area contributed by atoms with E-state index in [9.17, 15) is 4.79 Å². The topological polar surface area (TPSA) is 56.8 Å². The molecular weight excluding hydrogens is 354 g/mol. The lowest BCUT2D eigenvalue weighted by molar-refractivity contribution is -0.117. The molecule has 3 rings (SSSR count). The van der Waals surface area contributed by atoms with Gasteiger partial charge in [0.15, 0.2) is 11.5 Å². The second-order valence-corrected chi connectivity index (χ2v) is 6.21. The molecule has 0 radical (unpaired) electrons. The minimum absolute atomic E-state index is 0.0638. The molecule has 1 aliphatic heterocycles. The Morgan fingerprint density at radius 2 is 2.08 bits per heavy atom. The van der Waals surface area contributed by atoms with Crippen molar-refractivity contribution in [1.29, 1.82) is 0 Å². The van der Waals surface area contributed by atoms with Crippen LogP contribution < -0.4 is 19.5 Å². The van der Waals surface area contributed by atoms with Gasteiger partial charge in [-0.3, -0.25) is 4.79 Å². The Morgan fingerprint density at radius 1 is 1.27 bits per heavy atom. The monoisotopic (exact) mass is 373 g/mol. The van der Waals surface area contributed by atoms with Gasteiger partial charge < -0.3 is 19.5 Å². The fourth-order valence-electron chi connectivity index (χ4n) is 2.92. The molecule has 0 fully saturated rings. The predicted molar refractivity (Wildman–Crippen MR) is 101 cm³/mol. The number of carbonyl (C=O) groups is 1. The number of benzene rings is 2. The normalized spacial score (nSPS) is 15.9. The van der Waals surface area contributed by atoms with Crippen molar-refractivity contribution in [3.8, 4) is 17.2 Å². The molecule has 0 saturated heterocycles. The van der Waals surface area contributed by atoms with Crippen LogP contribution in [0.5, 0.6) is 17.2 Å². The van der Waals surface area contributed by atoms with Crippen molar-refractivity contribution < 1.29 is 19.0 Å². The zero-order valence-electron chi connectivity index (χ0n) is 14.6. The van der Waals surface area contributed by atoms with E-state index >= 15 is 0 Å². The number of nitrogens with one attached hydrogen (secondary N) is 1. The Hall–Kier alpha value is -2.66. The SMILES string of the molecule is COc1cc(/C=C/C(=O)N[C@@H]2CCOc3ccccc32)cc(Cl)c1OC. The second kappa shape index (κ2) is 8.15. The van der Waals surface area contributed by atoms with Crippen LogP contribution >= 0.6 is 11.6 Å². The van der Waals surface area contributed by atoms with Gasteiger partial charge in [0.25, 0.3) is 0 Å². The molecule has 1 atom stereocenters. The fourth-order valence-corrected chi connectivity index (χ4v) is 3.21. The number of hydrogen-bond acceptors (Lipinski definition) is 4. The van der Waals surface area contributed by atoms with Crippen molar-refractivity contribution in [2.45, 2.75) is 12.5 Å². The van der Waals surface area contributed by atoms with Gasteiger partial charge in [0.05, 0.1) is 31.9 Å². The van der Waals surface area contributed by atoms with E-state index in [4.69, 9.17) is 25.8 Å². The van der Waals surface area contributed by atoms with Crippen LogP contribution in [0.15, 0.2) is 42.5 Å². The lowest BCUT2D eigenvalue weighted by atomic mass is 10.0. The van der Waals surface area contributed by atoms with Crippen molar-refractivity contribution in [1.82, 2.24) is 5.32 Å². The number of rotatable bonds is 5. The third-order valence-corrected chi connectivity index (χ3v) is 4.44. The van der Waals surface area contributed by atoms with Gasteiger partial charge in [-0.15, -0.1) is 0 Å². The average Bonchev–Trinajstić information content (AvgIpc) is 2.66. The van der Waals surface area contributed by atoms with Gasteiger partial charge in [0.2, 0.25) is 5.91 Å². The molecule has 1 N–H and O–H groups in total. The summed E-state index contributed by atoms with van der Waals surface area (Å²) in [6.07, 6.45) is 3.91. The smallest absolute Gasteiger partial charge is 0.244 e. The number of para-hydroxylation sites is 1. The maximum Gasteiger partial charge on any atom is 0.244 e. The maximum atomic E-state index is 12.3. The molecule has 0 bridgehead atoms. The van der Waals surface area contributed by atoms with Gasteiger partial charge in [-0.1, -0.05) is 29.8 Å². The zero-order chi connectivity index (χ0) is 18.5. The third-order valence-electron chi connectivity index (χ3n) is 4.16. The Balaban J connectivity index is 1.72. The van der Waals surface area contributed by atoms with E-state index < -0.39 is 0 Å². The van der Waals surface area contributed by atoms with Crippen LogP contribution in [0, 0.1) is 0 Å². The fraction of sp³-hybridized carbons (Fsp3) is 0.250. The summed E-state index contributed by atoms with van der Waals surface area (Å²) in [4.78, 5) is 12.3. The van der Waals surface area contributed by atoms with E-state index in [1.165, 1.54) is 20.3 Å². The molecule has 2 aromatic carbocycles. The van der Waals surface area contributed by atoms with Crippen LogP contribution in [0.4, 0.5) is 0 Å². The van der Waals surface area contributed by atoms with Gasteiger partial charge in [-0.25, -0.2) is 0 Å². The van der Waals surface area contributed by atoms with Gasteiger partial charge >= 0.3 is 0 Å².